The lowest BCUT2D eigenvalue weighted by Crippen LogP contribution is -2.43. The standard InChI is InChI=1S/C11H18ClNO3/c12-8-11(9-14)3-6-13(7-4-11)5-1-2-10(15)16/h1-2,14H,3-9H2,(H,15,16). The highest BCUT2D eigenvalue weighted by Gasteiger charge is 2.32. The molecule has 0 amide bonds. The number of piperidine rings is 1. The Hall–Kier alpha value is -0.580. The van der Waals surface area contributed by atoms with Gasteiger partial charge in [0, 0.05) is 30.5 Å². The minimum atomic E-state index is -0.914. The van der Waals surface area contributed by atoms with Crippen LogP contribution >= 0.6 is 11.6 Å². The zero-order valence-corrected chi connectivity index (χ0v) is 9.99. The molecule has 4 nitrogen and oxygen atoms in total. The summed E-state index contributed by atoms with van der Waals surface area (Å²) >= 11 is 5.86. The Morgan fingerprint density at radius 3 is 2.50 bits per heavy atom. The Bertz CT molecular complexity index is 254. The summed E-state index contributed by atoms with van der Waals surface area (Å²) in [6, 6.07) is 0. The van der Waals surface area contributed by atoms with Gasteiger partial charge >= 0.3 is 5.97 Å². The predicted molar refractivity (Wildman–Crippen MR) is 62.7 cm³/mol. The molecule has 1 heterocycles. The molecule has 1 aliphatic rings. The van der Waals surface area contributed by atoms with E-state index in [4.69, 9.17) is 16.7 Å². The van der Waals surface area contributed by atoms with Crippen LogP contribution in [-0.4, -0.2) is 53.2 Å². The van der Waals surface area contributed by atoms with Gasteiger partial charge in [-0.05, 0) is 25.9 Å². The van der Waals surface area contributed by atoms with Crippen LogP contribution in [0.25, 0.3) is 0 Å². The Labute approximate surface area is 101 Å². The summed E-state index contributed by atoms with van der Waals surface area (Å²) < 4.78 is 0. The first-order chi connectivity index (χ1) is 7.62. The Morgan fingerprint density at radius 2 is 2.06 bits per heavy atom. The maximum Gasteiger partial charge on any atom is 0.328 e. The number of carbonyl (C=O) groups is 1. The van der Waals surface area contributed by atoms with E-state index in [1.807, 2.05) is 0 Å². The summed E-state index contributed by atoms with van der Waals surface area (Å²) in [4.78, 5) is 12.4. The molecule has 0 atom stereocenters. The van der Waals surface area contributed by atoms with Gasteiger partial charge in [0.25, 0.3) is 0 Å². The predicted octanol–water partition coefficient (Wildman–Crippen LogP) is 0.941. The summed E-state index contributed by atoms with van der Waals surface area (Å²) in [5, 5.41) is 17.7. The van der Waals surface area contributed by atoms with Gasteiger partial charge in [-0.25, -0.2) is 4.79 Å². The van der Waals surface area contributed by atoms with Crippen molar-refractivity contribution in [3.63, 3.8) is 0 Å². The average Bonchev–Trinajstić information content (AvgIpc) is 2.30. The van der Waals surface area contributed by atoms with Crippen molar-refractivity contribution < 1.29 is 15.0 Å². The lowest BCUT2D eigenvalue weighted by molar-refractivity contribution is -0.131. The number of halogens is 1. The van der Waals surface area contributed by atoms with Crippen LogP contribution in [0.4, 0.5) is 0 Å². The minimum Gasteiger partial charge on any atom is -0.478 e. The number of likely N-dealkylation sites (tertiary alicyclic amines) is 1. The van der Waals surface area contributed by atoms with Crippen LogP contribution in [-0.2, 0) is 4.79 Å². The zero-order valence-electron chi connectivity index (χ0n) is 9.23. The van der Waals surface area contributed by atoms with E-state index in [2.05, 4.69) is 4.90 Å². The van der Waals surface area contributed by atoms with Crippen LogP contribution < -0.4 is 0 Å². The first kappa shape index (κ1) is 13.5. The number of hydrogen-bond donors (Lipinski definition) is 2. The first-order valence-electron chi connectivity index (χ1n) is 5.40. The molecule has 0 unspecified atom stereocenters. The van der Waals surface area contributed by atoms with Crippen LogP contribution in [0.3, 0.4) is 0 Å². The van der Waals surface area contributed by atoms with Crippen molar-refractivity contribution in [1.29, 1.82) is 0 Å². The quantitative estimate of drug-likeness (QED) is 0.561. The van der Waals surface area contributed by atoms with Crippen LogP contribution in [0, 0.1) is 5.41 Å². The van der Waals surface area contributed by atoms with E-state index < -0.39 is 5.97 Å². The van der Waals surface area contributed by atoms with Crippen LogP contribution in [0.2, 0.25) is 0 Å². The molecule has 0 spiro atoms. The molecule has 2 N–H and O–H groups in total. The number of carboxylic acids is 1. The number of aliphatic carboxylic acids is 1. The lowest BCUT2D eigenvalue weighted by atomic mass is 9.81. The van der Waals surface area contributed by atoms with Gasteiger partial charge in [0.15, 0.2) is 0 Å². The maximum atomic E-state index is 10.3. The van der Waals surface area contributed by atoms with Gasteiger partial charge in [-0.2, -0.15) is 0 Å². The second kappa shape index (κ2) is 6.23. The highest BCUT2D eigenvalue weighted by atomic mass is 35.5. The van der Waals surface area contributed by atoms with E-state index in [0.717, 1.165) is 32.0 Å². The van der Waals surface area contributed by atoms with Crippen LogP contribution in [0.5, 0.6) is 0 Å². The molecule has 1 rings (SSSR count). The molecule has 92 valence electrons. The van der Waals surface area contributed by atoms with E-state index in [0.29, 0.717) is 12.4 Å². The highest BCUT2D eigenvalue weighted by Crippen LogP contribution is 2.31. The molecule has 1 saturated heterocycles. The topological polar surface area (TPSA) is 60.8 Å². The Kier molecular flexibility index (Phi) is 5.25. The van der Waals surface area contributed by atoms with Crippen molar-refractivity contribution in [1.82, 2.24) is 4.90 Å². The largest absolute Gasteiger partial charge is 0.478 e. The third-order valence-corrected chi connectivity index (χ3v) is 3.73. The number of aliphatic hydroxyl groups excluding tert-OH is 1. The van der Waals surface area contributed by atoms with Crippen molar-refractivity contribution in [3.8, 4) is 0 Å². The smallest absolute Gasteiger partial charge is 0.328 e. The van der Waals surface area contributed by atoms with Gasteiger partial charge in [0.2, 0.25) is 0 Å². The molecule has 1 aliphatic heterocycles. The SMILES string of the molecule is O=C(O)C=CCN1CCC(CO)(CCl)CC1. The van der Waals surface area contributed by atoms with Gasteiger partial charge in [-0.15, -0.1) is 11.6 Å². The molecular weight excluding hydrogens is 230 g/mol. The van der Waals surface area contributed by atoms with E-state index in [1.165, 1.54) is 0 Å². The van der Waals surface area contributed by atoms with Crippen LogP contribution in [0.1, 0.15) is 12.8 Å². The van der Waals surface area contributed by atoms with E-state index in [-0.39, 0.29) is 12.0 Å². The van der Waals surface area contributed by atoms with Crippen molar-refractivity contribution in [2.45, 2.75) is 12.8 Å². The molecular formula is C11H18ClNO3. The molecule has 1 fully saturated rings. The summed E-state index contributed by atoms with van der Waals surface area (Å²) in [7, 11) is 0. The van der Waals surface area contributed by atoms with E-state index in [9.17, 15) is 9.90 Å². The number of carboxylic acid groups (broad SMARTS) is 1. The molecule has 0 aromatic heterocycles. The molecule has 0 saturated carbocycles. The molecule has 0 aromatic rings. The van der Waals surface area contributed by atoms with Gasteiger partial charge in [0.05, 0.1) is 0 Å². The Balaban J connectivity index is 2.34. The number of rotatable bonds is 5. The maximum absolute atomic E-state index is 10.3. The first-order valence-corrected chi connectivity index (χ1v) is 5.94. The zero-order chi connectivity index (χ0) is 12.0. The second-order valence-electron chi connectivity index (χ2n) is 4.33. The summed E-state index contributed by atoms with van der Waals surface area (Å²) in [6.07, 6.45) is 4.55. The molecule has 0 aromatic carbocycles. The average molecular weight is 248 g/mol. The van der Waals surface area contributed by atoms with Gasteiger partial charge in [-0.1, -0.05) is 6.08 Å². The Morgan fingerprint density at radius 1 is 1.44 bits per heavy atom. The summed E-state index contributed by atoms with van der Waals surface area (Å²) in [5.74, 6) is -0.426. The third kappa shape index (κ3) is 3.77. The molecule has 16 heavy (non-hydrogen) atoms. The van der Waals surface area contributed by atoms with Crippen molar-refractivity contribution in [2.75, 3.05) is 32.1 Å². The number of aliphatic hydroxyl groups is 1. The van der Waals surface area contributed by atoms with Crippen molar-refractivity contribution >= 4 is 17.6 Å². The normalized spacial score (nSPS) is 21.4. The second-order valence-corrected chi connectivity index (χ2v) is 4.60. The lowest BCUT2D eigenvalue weighted by Gasteiger charge is -2.39. The van der Waals surface area contributed by atoms with E-state index in [1.54, 1.807) is 6.08 Å². The molecule has 0 aliphatic carbocycles. The fraction of sp³-hybridized carbons (Fsp3) is 0.727. The third-order valence-electron chi connectivity index (χ3n) is 3.16. The highest BCUT2D eigenvalue weighted by molar-refractivity contribution is 6.18. The fourth-order valence-corrected chi connectivity index (χ4v) is 2.20. The monoisotopic (exact) mass is 247 g/mol. The number of hydrogen-bond acceptors (Lipinski definition) is 3. The summed E-state index contributed by atoms with van der Waals surface area (Å²) in [6.45, 7) is 2.50. The van der Waals surface area contributed by atoms with E-state index >= 15 is 0 Å². The minimum absolute atomic E-state index is 0.130. The molecule has 0 bridgehead atoms. The number of alkyl halides is 1. The fourth-order valence-electron chi connectivity index (χ4n) is 1.85. The van der Waals surface area contributed by atoms with Crippen LogP contribution in [0.15, 0.2) is 12.2 Å². The van der Waals surface area contributed by atoms with Gasteiger partial charge < -0.3 is 10.2 Å². The summed E-state index contributed by atoms with van der Waals surface area (Å²) in [5.41, 5.74) is -0.130. The van der Waals surface area contributed by atoms with Crippen molar-refractivity contribution in [2.24, 2.45) is 5.41 Å². The molecule has 5 heteroatoms. The van der Waals surface area contributed by atoms with Gasteiger partial charge in [0.1, 0.15) is 0 Å². The van der Waals surface area contributed by atoms with Crippen molar-refractivity contribution in [3.05, 3.63) is 12.2 Å². The molecule has 0 radical (unpaired) electrons. The van der Waals surface area contributed by atoms with Gasteiger partial charge in [-0.3, -0.25) is 4.90 Å². The number of nitrogens with zero attached hydrogens (tertiary/aromatic N) is 1.